The highest BCUT2D eigenvalue weighted by molar-refractivity contribution is 9.10. The Kier molecular flexibility index (Phi) is 4.73. The summed E-state index contributed by atoms with van der Waals surface area (Å²) >= 11 is 3.15. The summed E-state index contributed by atoms with van der Waals surface area (Å²) in [7, 11) is 0. The molecule has 0 amide bonds. The topological polar surface area (TPSA) is 42.4 Å². The van der Waals surface area contributed by atoms with E-state index in [0.29, 0.717) is 16.9 Å². The fourth-order valence-electron chi connectivity index (χ4n) is 1.83. The number of aromatic nitrogens is 1. The van der Waals surface area contributed by atoms with Gasteiger partial charge in [-0.15, -0.1) is 0 Å². The van der Waals surface area contributed by atoms with Crippen molar-refractivity contribution in [2.45, 2.75) is 26.1 Å². The maximum atomic E-state index is 13.5. The number of hydrogen-bond donors (Lipinski definition) is 1. The zero-order valence-electron chi connectivity index (χ0n) is 11.2. The Morgan fingerprint density at radius 2 is 2.05 bits per heavy atom. The van der Waals surface area contributed by atoms with E-state index in [1.165, 1.54) is 12.3 Å². The van der Waals surface area contributed by atoms with Crippen LogP contribution in [0.2, 0.25) is 0 Å². The van der Waals surface area contributed by atoms with Gasteiger partial charge in [0.2, 0.25) is 0 Å². The molecule has 2 rings (SSSR count). The molecule has 2 aromatic rings. The molecule has 0 aliphatic heterocycles. The number of hydrogen-bond acceptors (Lipinski definition) is 3. The van der Waals surface area contributed by atoms with Crippen LogP contribution in [0.25, 0.3) is 0 Å². The molecule has 3 nitrogen and oxygen atoms in total. The second-order valence-corrected chi connectivity index (χ2v) is 5.46. The van der Waals surface area contributed by atoms with Gasteiger partial charge >= 0.3 is 0 Å². The van der Waals surface area contributed by atoms with E-state index < -0.39 is 11.9 Å². The summed E-state index contributed by atoms with van der Waals surface area (Å²) in [6, 6.07) is 6.25. The summed E-state index contributed by atoms with van der Waals surface area (Å²) in [6.45, 7) is 3.82. The third-order valence-electron chi connectivity index (χ3n) is 2.70. The van der Waals surface area contributed by atoms with Gasteiger partial charge in [-0.2, -0.15) is 0 Å². The van der Waals surface area contributed by atoms with Gasteiger partial charge < -0.3 is 9.84 Å². The van der Waals surface area contributed by atoms with E-state index in [9.17, 15) is 9.50 Å². The SMILES string of the molecule is CC(C)Oc1cncc(C(O)c2cccc(F)c2Br)c1. The minimum absolute atomic E-state index is 0.0186. The van der Waals surface area contributed by atoms with E-state index in [4.69, 9.17) is 4.74 Å². The zero-order valence-corrected chi connectivity index (χ0v) is 12.8. The van der Waals surface area contributed by atoms with Gasteiger partial charge in [0.15, 0.2) is 0 Å². The molecule has 0 saturated heterocycles. The van der Waals surface area contributed by atoms with Crippen molar-refractivity contribution in [3.05, 3.63) is 58.1 Å². The molecule has 1 heterocycles. The quantitative estimate of drug-likeness (QED) is 0.919. The molecule has 1 N–H and O–H groups in total. The normalized spacial score (nSPS) is 12.5. The average molecular weight is 340 g/mol. The number of benzene rings is 1. The van der Waals surface area contributed by atoms with Crippen molar-refractivity contribution in [1.29, 1.82) is 0 Å². The minimum Gasteiger partial charge on any atom is -0.489 e. The molecule has 0 spiro atoms. The number of ether oxygens (including phenoxy) is 1. The summed E-state index contributed by atoms with van der Waals surface area (Å²) in [5, 5.41) is 10.4. The number of aliphatic hydroxyl groups is 1. The number of rotatable bonds is 4. The Bertz CT molecular complexity index is 604. The first-order chi connectivity index (χ1) is 9.49. The van der Waals surface area contributed by atoms with Crippen molar-refractivity contribution < 1.29 is 14.2 Å². The molecular weight excluding hydrogens is 325 g/mol. The highest BCUT2D eigenvalue weighted by Gasteiger charge is 2.17. The first-order valence-corrected chi connectivity index (χ1v) is 7.02. The van der Waals surface area contributed by atoms with Gasteiger partial charge in [0.25, 0.3) is 0 Å². The lowest BCUT2D eigenvalue weighted by molar-refractivity contribution is 0.214. The van der Waals surface area contributed by atoms with Gasteiger partial charge in [0, 0.05) is 17.3 Å². The van der Waals surface area contributed by atoms with Crippen LogP contribution in [0.4, 0.5) is 4.39 Å². The predicted molar refractivity (Wildman–Crippen MR) is 78.2 cm³/mol. The number of pyridine rings is 1. The monoisotopic (exact) mass is 339 g/mol. The molecule has 0 radical (unpaired) electrons. The standard InChI is InChI=1S/C15H15BrFNO2/c1-9(2)20-11-6-10(7-18-8-11)15(19)12-4-3-5-13(17)14(12)16/h3-9,15,19H,1-2H3. The van der Waals surface area contributed by atoms with Crippen LogP contribution >= 0.6 is 15.9 Å². The summed E-state index contributed by atoms with van der Waals surface area (Å²) < 4.78 is 19.3. The molecule has 20 heavy (non-hydrogen) atoms. The minimum atomic E-state index is -0.969. The van der Waals surface area contributed by atoms with Crippen molar-refractivity contribution in [3.63, 3.8) is 0 Å². The van der Waals surface area contributed by atoms with Gasteiger partial charge in [-0.3, -0.25) is 4.98 Å². The molecular formula is C15H15BrFNO2. The van der Waals surface area contributed by atoms with Crippen molar-refractivity contribution in [1.82, 2.24) is 4.98 Å². The van der Waals surface area contributed by atoms with Gasteiger partial charge in [0.1, 0.15) is 17.7 Å². The molecule has 1 aromatic heterocycles. The fourth-order valence-corrected chi connectivity index (χ4v) is 2.31. The number of aliphatic hydroxyl groups excluding tert-OH is 1. The lowest BCUT2D eigenvalue weighted by Crippen LogP contribution is -2.07. The second-order valence-electron chi connectivity index (χ2n) is 4.67. The van der Waals surface area contributed by atoms with E-state index in [-0.39, 0.29) is 10.6 Å². The van der Waals surface area contributed by atoms with E-state index in [0.717, 1.165) is 0 Å². The Hall–Kier alpha value is -1.46. The Morgan fingerprint density at radius 1 is 1.30 bits per heavy atom. The molecule has 0 fully saturated rings. The first-order valence-electron chi connectivity index (χ1n) is 6.22. The van der Waals surface area contributed by atoms with Gasteiger partial charge in [-0.1, -0.05) is 12.1 Å². The first kappa shape index (κ1) is 14.9. The smallest absolute Gasteiger partial charge is 0.138 e. The van der Waals surface area contributed by atoms with Crippen LogP contribution in [0.3, 0.4) is 0 Å². The summed E-state index contributed by atoms with van der Waals surface area (Å²) in [5.41, 5.74) is 1.00. The van der Waals surface area contributed by atoms with Crippen molar-refractivity contribution >= 4 is 15.9 Å². The van der Waals surface area contributed by atoms with E-state index in [1.54, 1.807) is 24.4 Å². The molecule has 0 bridgehead atoms. The van der Waals surface area contributed by atoms with Crippen LogP contribution in [0.15, 0.2) is 41.1 Å². The third-order valence-corrected chi connectivity index (χ3v) is 3.53. The maximum absolute atomic E-state index is 13.5. The van der Waals surface area contributed by atoms with Crippen LogP contribution in [-0.4, -0.2) is 16.2 Å². The van der Waals surface area contributed by atoms with Gasteiger partial charge in [-0.05, 0) is 41.9 Å². The van der Waals surface area contributed by atoms with Crippen LogP contribution in [0.1, 0.15) is 31.1 Å². The third kappa shape index (κ3) is 3.35. The molecule has 0 aliphatic carbocycles. The highest BCUT2D eigenvalue weighted by Crippen LogP contribution is 2.31. The number of halogens is 2. The van der Waals surface area contributed by atoms with Crippen LogP contribution in [0, 0.1) is 5.82 Å². The largest absolute Gasteiger partial charge is 0.489 e. The van der Waals surface area contributed by atoms with E-state index >= 15 is 0 Å². The average Bonchev–Trinajstić information content (AvgIpc) is 2.41. The summed E-state index contributed by atoms with van der Waals surface area (Å²) in [4.78, 5) is 4.04. The van der Waals surface area contributed by atoms with Crippen molar-refractivity contribution in [3.8, 4) is 5.75 Å². The highest BCUT2D eigenvalue weighted by atomic mass is 79.9. The number of nitrogens with zero attached hydrogens (tertiary/aromatic N) is 1. The molecule has 1 aromatic carbocycles. The van der Waals surface area contributed by atoms with Gasteiger partial charge in [0.05, 0.1) is 16.8 Å². The fraction of sp³-hybridized carbons (Fsp3) is 0.267. The van der Waals surface area contributed by atoms with E-state index in [2.05, 4.69) is 20.9 Å². The maximum Gasteiger partial charge on any atom is 0.138 e. The lowest BCUT2D eigenvalue weighted by atomic mass is 10.0. The van der Waals surface area contributed by atoms with Crippen molar-refractivity contribution in [2.24, 2.45) is 0 Å². The van der Waals surface area contributed by atoms with Gasteiger partial charge in [-0.25, -0.2) is 4.39 Å². The summed E-state index contributed by atoms with van der Waals surface area (Å²) in [5.74, 6) is 0.160. The van der Waals surface area contributed by atoms with Crippen molar-refractivity contribution in [2.75, 3.05) is 0 Å². The predicted octanol–water partition coefficient (Wildman–Crippen LogP) is 3.85. The molecule has 0 saturated carbocycles. The van der Waals surface area contributed by atoms with E-state index in [1.807, 2.05) is 13.8 Å². The Balaban J connectivity index is 2.33. The molecule has 1 unspecified atom stereocenters. The van der Waals surface area contributed by atoms with Crippen LogP contribution in [0.5, 0.6) is 5.75 Å². The molecule has 1 atom stereocenters. The Labute approximate surface area is 125 Å². The summed E-state index contributed by atoms with van der Waals surface area (Å²) in [6.07, 6.45) is 2.17. The second kappa shape index (κ2) is 6.33. The zero-order chi connectivity index (χ0) is 14.7. The van der Waals surface area contributed by atoms with Crippen LogP contribution < -0.4 is 4.74 Å². The Morgan fingerprint density at radius 3 is 2.75 bits per heavy atom. The molecule has 106 valence electrons. The van der Waals surface area contributed by atoms with Crippen LogP contribution in [-0.2, 0) is 0 Å². The lowest BCUT2D eigenvalue weighted by Gasteiger charge is -2.15. The molecule has 5 heteroatoms. The molecule has 0 aliphatic rings.